The van der Waals surface area contributed by atoms with Crippen molar-refractivity contribution >= 4 is 53.3 Å². The Morgan fingerprint density at radius 3 is 1.91 bits per heavy atom. The average molecular weight is 497 g/mol. The van der Waals surface area contributed by atoms with Gasteiger partial charge in [-0.3, -0.25) is 9.59 Å². The van der Waals surface area contributed by atoms with E-state index in [1.807, 2.05) is 12.1 Å². The van der Waals surface area contributed by atoms with Crippen molar-refractivity contribution in [2.45, 2.75) is 33.0 Å². The highest BCUT2D eigenvalue weighted by Crippen LogP contribution is 2.36. The summed E-state index contributed by atoms with van der Waals surface area (Å²) in [6.07, 6.45) is 0.130. The van der Waals surface area contributed by atoms with Crippen LogP contribution in [0, 0.1) is 5.92 Å². The summed E-state index contributed by atoms with van der Waals surface area (Å²) in [4.78, 5) is 30.9. The molecule has 3 aromatic rings. The van der Waals surface area contributed by atoms with Gasteiger partial charge in [0.15, 0.2) is 5.92 Å². The predicted octanol–water partition coefficient (Wildman–Crippen LogP) is 5.39. The Labute approximate surface area is 203 Å². The fraction of sp³-hybridized carbons (Fsp3) is 0.240. The van der Waals surface area contributed by atoms with Gasteiger partial charge < -0.3 is 20.4 Å². The molecule has 0 aliphatic rings. The maximum absolute atomic E-state index is 10.9. The zero-order valence-electron chi connectivity index (χ0n) is 19.9. The molecule has 0 fully saturated rings. The van der Waals surface area contributed by atoms with Crippen LogP contribution in [0.2, 0.25) is 19.6 Å². The van der Waals surface area contributed by atoms with Crippen LogP contribution in [0.4, 0.5) is 11.4 Å². The molecular formula is C25H28N2O7Si. The topological polar surface area (TPSA) is 157 Å². The van der Waals surface area contributed by atoms with Gasteiger partial charge in [-0.25, -0.2) is 4.79 Å². The molecule has 3 rings (SSSR count). The Hall–Kier alpha value is -4.05. The van der Waals surface area contributed by atoms with Gasteiger partial charge in [0.2, 0.25) is 0 Å². The number of carbonyl (C=O) groups is 3. The first-order chi connectivity index (χ1) is 16.3. The van der Waals surface area contributed by atoms with Gasteiger partial charge in [-0.2, -0.15) is 5.11 Å². The zero-order valence-corrected chi connectivity index (χ0v) is 20.9. The maximum Gasteiger partial charge on any atom is 0.335 e. The number of rotatable bonds is 7. The molecule has 0 saturated carbocycles. The molecule has 4 N–H and O–H groups in total. The second-order valence-electron chi connectivity index (χ2n) is 8.81. The van der Waals surface area contributed by atoms with Crippen molar-refractivity contribution in [1.82, 2.24) is 0 Å². The molecule has 0 aliphatic carbocycles. The van der Waals surface area contributed by atoms with E-state index in [1.165, 1.54) is 24.2 Å². The van der Waals surface area contributed by atoms with E-state index in [0.717, 1.165) is 10.8 Å². The van der Waals surface area contributed by atoms with Crippen LogP contribution in [-0.4, -0.2) is 46.4 Å². The molecule has 9 nitrogen and oxygen atoms in total. The van der Waals surface area contributed by atoms with Crippen LogP contribution in [0.15, 0.2) is 64.8 Å². The smallest absolute Gasteiger partial charge is 0.335 e. The summed E-state index contributed by atoms with van der Waals surface area (Å²) in [5.74, 6) is -4.72. The molecule has 0 radical (unpaired) electrons. The fourth-order valence-electron chi connectivity index (χ4n) is 3.11. The second-order valence-corrected chi connectivity index (χ2v) is 13.9. The Morgan fingerprint density at radius 2 is 1.46 bits per heavy atom. The van der Waals surface area contributed by atoms with Crippen molar-refractivity contribution < 1.29 is 34.8 Å². The fourth-order valence-corrected chi connectivity index (χ4v) is 4.28. The van der Waals surface area contributed by atoms with Crippen molar-refractivity contribution in [3.63, 3.8) is 0 Å². The van der Waals surface area contributed by atoms with E-state index in [4.69, 9.17) is 15.3 Å². The van der Waals surface area contributed by atoms with Gasteiger partial charge >= 0.3 is 17.9 Å². The van der Waals surface area contributed by atoms with Crippen molar-refractivity contribution in [1.29, 1.82) is 0 Å². The van der Waals surface area contributed by atoms with Crippen molar-refractivity contribution in [3.05, 3.63) is 60.2 Å². The van der Waals surface area contributed by atoms with Crippen molar-refractivity contribution in [2.24, 2.45) is 16.1 Å². The third-order valence-corrected chi connectivity index (χ3v) is 7.26. The highest BCUT2D eigenvalue weighted by atomic mass is 28.3. The SMILES string of the molecule is CCC(C(=O)O)C(=O)O.C[Si](C)(C)c1ccc2c(N=Nc3ccc(C(=O)O)cc3)c(O)ccc2c1. The van der Waals surface area contributed by atoms with Gasteiger partial charge in [0.25, 0.3) is 0 Å². The van der Waals surface area contributed by atoms with Gasteiger partial charge in [-0.1, -0.05) is 56.0 Å². The molecule has 35 heavy (non-hydrogen) atoms. The number of phenols is 1. The number of aliphatic carboxylic acids is 2. The Bertz CT molecular complexity index is 1250. The number of phenolic OH excluding ortho intramolecular Hbond substituents is 1. The summed E-state index contributed by atoms with van der Waals surface area (Å²) in [6.45, 7) is 8.38. The highest BCUT2D eigenvalue weighted by Gasteiger charge is 2.22. The molecule has 0 unspecified atom stereocenters. The lowest BCUT2D eigenvalue weighted by molar-refractivity contribution is -0.154. The Balaban J connectivity index is 0.000000410. The second kappa shape index (κ2) is 11.4. The molecule has 0 aromatic heterocycles. The Morgan fingerprint density at radius 1 is 0.857 bits per heavy atom. The number of carboxylic acids is 3. The molecule has 0 atom stereocenters. The average Bonchev–Trinajstić information content (AvgIpc) is 2.78. The molecule has 0 spiro atoms. The number of azo groups is 1. The highest BCUT2D eigenvalue weighted by molar-refractivity contribution is 6.88. The number of aromatic carboxylic acids is 1. The van der Waals surface area contributed by atoms with Gasteiger partial charge in [-0.15, -0.1) is 5.11 Å². The van der Waals surface area contributed by atoms with Crippen LogP contribution in [0.5, 0.6) is 5.75 Å². The zero-order chi connectivity index (χ0) is 26.3. The van der Waals surface area contributed by atoms with E-state index in [2.05, 4.69) is 42.0 Å². The summed E-state index contributed by atoms with van der Waals surface area (Å²) in [6, 6.07) is 15.8. The predicted molar refractivity (Wildman–Crippen MR) is 135 cm³/mol. The van der Waals surface area contributed by atoms with Gasteiger partial charge in [0.05, 0.1) is 19.3 Å². The lowest BCUT2D eigenvalue weighted by Crippen LogP contribution is -2.37. The van der Waals surface area contributed by atoms with Crippen LogP contribution in [0.25, 0.3) is 10.8 Å². The van der Waals surface area contributed by atoms with Gasteiger partial charge in [-0.05, 0) is 42.1 Å². The lowest BCUT2D eigenvalue weighted by atomic mass is 10.1. The van der Waals surface area contributed by atoms with Crippen LogP contribution in [0.3, 0.4) is 0 Å². The molecule has 10 heteroatoms. The van der Waals surface area contributed by atoms with E-state index in [-0.39, 0.29) is 17.7 Å². The number of nitrogens with zero attached hydrogens (tertiary/aromatic N) is 2. The first kappa shape index (κ1) is 27.2. The Kier molecular flexibility index (Phi) is 8.85. The summed E-state index contributed by atoms with van der Waals surface area (Å²) < 4.78 is 0. The first-order valence-electron chi connectivity index (χ1n) is 10.8. The summed E-state index contributed by atoms with van der Waals surface area (Å²) in [7, 11) is -1.43. The lowest BCUT2D eigenvalue weighted by Gasteiger charge is -2.17. The summed E-state index contributed by atoms with van der Waals surface area (Å²) in [5.41, 5.74) is 1.12. The van der Waals surface area contributed by atoms with E-state index < -0.39 is 31.9 Å². The minimum atomic E-state index is -1.43. The third-order valence-electron chi connectivity index (χ3n) is 5.22. The van der Waals surface area contributed by atoms with Crippen molar-refractivity contribution in [2.75, 3.05) is 0 Å². The minimum absolute atomic E-state index is 0.0594. The summed E-state index contributed by atoms with van der Waals surface area (Å²) in [5, 5.41) is 47.0. The van der Waals surface area contributed by atoms with Crippen LogP contribution < -0.4 is 5.19 Å². The number of fused-ring (bicyclic) bond motifs is 1. The van der Waals surface area contributed by atoms with Gasteiger partial charge in [0, 0.05) is 5.39 Å². The maximum atomic E-state index is 10.9. The van der Waals surface area contributed by atoms with Crippen LogP contribution >= 0.6 is 0 Å². The normalized spacial score (nSPS) is 11.3. The van der Waals surface area contributed by atoms with E-state index in [9.17, 15) is 19.5 Å². The largest absolute Gasteiger partial charge is 0.506 e. The molecule has 184 valence electrons. The number of aromatic hydroxyl groups is 1. The molecule has 0 saturated heterocycles. The number of benzene rings is 3. The number of hydrogen-bond donors (Lipinski definition) is 4. The molecular weight excluding hydrogens is 468 g/mol. The monoisotopic (exact) mass is 496 g/mol. The minimum Gasteiger partial charge on any atom is -0.506 e. The molecule has 0 heterocycles. The molecule has 0 amide bonds. The molecule has 0 aliphatic heterocycles. The number of carboxylic acid groups (broad SMARTS) is 3. The first-order valence-corrected chi connectivity index (χ1v) is 14.3. The van der Waals surface area contributed by atoms with Gasteiger partial charge in [0.1, 0.15) is 11.4 Å². The van der Waals surface area contributed by atoms with Crippen LogP contribution in [-0.2, 0) is 9.59 Å². The quantitative estimate of drug-likeness (QED) is 0.194. The third kappa shape index (κ3) is 7.21. The standard InChI is InChI=1S/C20H20N2O3Si.C5H8O4/c1-26(2,3)16-9-10-17-14(12-16)6-11-18(23)19(17)22-21-15-7-4-13(5-8-15)20(24)25;1-2-3(4(6)7)5(8)9/h4-12,23H,1-3H3,(H,24,25);3H,2H2,1H3,(H,6,7)(H,8,9). The van der Waals surface area contributed by atoms with E-state index >= 15 is 0 Å². The molecule has 0 bridgehead atoms. The molecule has 3 aromatic carbocycles. The number of hydrogen-bond acceptors (Lipinski definition) is 6. The van der Waals surface area contributed by atoms with E-state index in [1.54, 1.807) is 18.2 Å². The van der Waals surface area contributed by atoms with E-state index in [0.29, 0.717) is 11.4 Å². The van der Waals surface area contributed by atoms with Crippen LogP contribution in [0.1, 0.15) is 23.7 Å². The summed E-state index contributed by atoms with van der Waals surface area (Å²) >= 11 is 0. The van der Waals surface area contributed by atoms with Crippen molar-refractivity contribution in [3.8, 4) is 5.75 Å².